The number of fused-ring (bicyclic) bond motifs is 1. The predicted molar refractivity (Wildman–Crippen MR) is 79.4 cm³/mol. The second-order valence-electron chi connectivity index (χ2n) is 4.68. The van der Waals surface area contributed by atoms with Crippen LogP contribution < -0.4 is 4.90 Å². The average Bonchev–Trinajstić information content (AvgIpc) is 2.92. The van der Waals surface area contributed by atoms with Gasteiger partial charge in [-0.2, -0.15) is 4.31 Å². The molecule has 0 saturated heterocycles. The SMILES string of the molecule is CN1CCN(S(=O)(=O)c2cccs2)Cc2cccnc21. The lowest BCUT2D eigenvalue weighted by Crippen LogP contribution is -2.34. The van der Waals surface area contributed by atoms with E-state index in [9.17, 15) is 8.42 Å². The van der Waals surface area contributed by atoms with Crippen molar-refractivity contribution in [1.82, 2.24) is 9.29 Å². The molecular formula is C13H15N3O2S2. The Balaban J connectivity index is 1.98. The molecule has 0 N–H and O–H groups in total. The van der Waals surface area contributed by atoms with Crippen LogP contribution in [0.2, 0.25) is 0 Å². The maximum atomic E-state index is 12.6. The molecule has 0 unspecified atom stereocenters. The molecule has 0 bridgehead atoms. The number of nitrogens with zero attached hydrogens (tertiary/aromatic N) is 3. The topological polar surface area (TPSA) is 53.5 Å². The van der Waals surface area contributed by atoms with Crippen molar-refractivity contribution < 1.29 is 8.42 Å². The first-order valence-corrected chi connectivity index (χ1v) is 8.60. The van der Waals surface area contributed by atoms with E-state index < -0.39 is 10.0 Å². The minimum absolute atomic E-state index is 0.369. The van der Waals surface area contributed by atoms with E-state index >= 15 is 0 Å². The lowest BCUT2D eigenvalue weighted by atomic mass is 10.2. The first kappa shape index (κ1) is 13.5. The Kier molecular flexibility index (Phi) is 3.49. The summed E-state index contributed by atoms with van der Waals surface area (Å²) in [5.41, 5.74) is 0.938. The quantitative estimate of drug-likeness (QED) is 0.848. The summed E-state index contributed by atoms with van der Waals surface area (Å²) in [6, 6.07) is 7.19. The summed E-state index contributed by atoms with van der Waals surface area (Å²) in [4.78, 5) is 6.35. The van der Waals surface area contributed by atoms with Gasteiger partial charge < -0.3 is 4.90 Å². The predicted octanol–water partition coefficient (Wildman–Crippen LogP) is 1.78. The molecule has 2 aromatic heterocycles. The molecule has 1 aliphatic rings. The summed E-state index contributed by atoms with van der Waals surface area (Å²) >= 11 is 1.25. The molecule has 1 aliphatic heterocycles. The van der Waals surface area contributed by atoms with Gasteiger partial charge in [0.15, 0.2) is 0 Å². The fourth-order valence-electron chi connectivity index (χ4n) is 2.28. The van der Waals surface area contributed by atoms with Crippen LogP contribution in [-0.2, 0) is 16.6 Å². The van der Waals surface area contributed by atoms with Gasteiger partial charge in [-0.25, -0.2) is 13.4 Å². The molecule has 3 rings (SSSR count). The summed E-state index contributed by atoms with van der Waals surface area (Å²) in [6.45, 7) is 1.47. The van der Waals surface area contributed by atoms with Crippen molar-refractivity contribution in [3.8, 4) is 0 Å². The fraction of sp³-hybridized carbons (Fsp3) is 0.308. The van der Waals surface area contributed by atoms with Gasteiger partial charge in [-0.1, -0.05) is 12.1 Å². The van der Waals surface area contributed by atoms with Gasteiger partial charge in [0, 0.05) is 38.4 Å². The Morgan fingerprint density at radius 3 is 2.85 bits per heavy atom. The van der Waals surface area contributed by atoms with Gasteiger partial charge in [0.1, 0.15) is 10.0 Å². The maximum absolute atomic E-state index is 12.6. The van der Waals surface area contributed by atoms with Gasteiger partial charge in [-0.05, 0) is 17.5 Å². The molecule has 2 aromatic rings. The zero-order valence-corrected chi connectivity index (χ0v) is 12.7. The molecule has 5 nitrogen and oxygen atoms in total. The lowest BCUT2D eigenvalue weighted by Gasteiger charge is -2.19. The molecule has 0 atom stereocenters. The zero-order chi connectivity index (χ0) is 14.2. The number of hydrogen-bond donors (Lipinski definition) is 0. The standard InChI is InChI=1S/C13H15N3O2S2/c1-15-7-8-16(10-11-4-2-6-14-13(11)15)20(17,18)12-5-3-9-19-12/h2-6,9H,7-8,10H2,1H3. The lowest BCUT2D eigenvalue weighted by molar-refractivity contribution is 0.421. The molecule has 20 heavy (non-hydrogen) atoms. The minimum atomic E-state index is -3.41. The summed E-state index contributed by atoms with van der Waals surface area (Å²) in [6.07, 6.45) is 1.73. The third-order valence-electron chi connectivity index (χ3n) is 3.35. The largest absolute Gasteiger partial charge is 0.358 e. The molecule has 106 valence electrons. The van der Waals surface area contributed by atoms with Crippen molar-refractivity contribution in [2.24, 2.45) is 0 Å². The van der Waals surface area contributed by atoms with Crippen molar-refractivity contribution in [3.63, 3.8) is 0 Å². The Hall–Kier alpha value is -1.44. The molecule has 0 amide bonds. The molecular weight excluding hydrogens is 294 g/mol. The van der Waals surface area contributed by atoms with Crippen molar-refractivity contribution >= 4 is 27.2 Å². The molecule has 0 spiro atoms. The molecule has 0 fully saturated rings. The smallest absolute Gasteiger partial charge is 0.252 e. The van der Waals surface area contributed by atoms with Crippen LogP contribution in [0.4, 0.5) is 5.82 Å². The number of thiophene rings is 1. The number of anilines is 1. The summed E-state index contributed by atoms with van der Waals surface area (Å²) < 4.78 is 27.2. The van der Waals surface area contributed by atoms with E-state index in [0.717, 1.165) is 11.4 Å². The highest BCUT2D eigenvalue weighted by Gasteiger charge is 2.29. The number of aromatic nitrogens is 1. The van der Waals surface area contributed by atoms with Crippen LogP contribution in [0.5, 0.6) is 0 Å². The van der Waals surface area contributed by atoms with Gasteiger partial charge in [0.05, 0.1) is 0 Å². The van der Waals surface area contributed by atoms with Crippen LogP contribution in [0.1, 0.15) is 5.56 Å². The normalized spacial score (nSPS) is 16.8. The van der Waals surface area contributed by atoms with Gasteiger partial charge in [-0.3, -0.25) is 0 Å². The first-order chi connectivity index (χ1) is 9.59. The van der Waals surface area contributed by atoms with Crippen LogP contribution in [-0.4, -0.2) is 37.8 Å². The Bertz CT molecular complexity index is 698. The van der Waals surface area contributed by atoms with E-state index in [1.807, 2.05) is 24.1 Å². The number of pyridine rings is 1. The third-order valence-corrected chi connectivity index (χ3v) is 6.57. The van der Waals surface area contributed by atoms with Gasteiger partial charge in [-0.15, -0.1) is 11.3 Å². The van der Waals surface area contributed by atoms with Gasteiger partial charge in [0.25, 0.3) is 10.0 Å². The monoisotopic (exact) mass is 309 g/mol. The Morgan fingerprint density at radius 1 is 1.25 bits per heavy atom. The molecule has 0 aromatic carbocycles. The number of sulfonamides is 1. The fourth-order valence-corrected chi connectivity index (χ4v) is 4.83. The van der Waals surface area contributed by atoms with Crippen molar-refractivity contribution in [3.05, 3.63) is 41.4 Å². The highest BCUT2D eigenvalue weighted by molar-refractivity contribution is 7.91. The molecule has 0 aliphatic carbocycles. The van der Waals surface area contributed by atoms with Crippen molar-refractivity contribution in [2.45, 2.75) is 10.8 Å². The van der Waals surface area contributed by atoms with Crippen LogP contribution >= 0.6 is 11.3 Å². The second-order valence-corrected chi connectivity index (χ2v) is 7.79. The van der Waals surface area contributed by atoms with E-state index in [1.54, 1.807) is 23.7 Å². The van der Waals surface area contributed by atoms with Crippen LogP contribution in [0.15, 0.2) is 40.1 Å². The molecule has 0 saturated carbocycles. The average molecular weight is 309 g/mol. The van der Waals surface area contributed by atoms with E-state index in [4.69, 9.17) is 0 Å². The second kappa shape index (κ2) is 5.16. The Labute approximate surface area is 122 Å². The van der Waals surface area contributed by atoms with Crippen LogP contribution in [0.25, 0.3) is 0 Å². The number of rotatable bonds is 2. The van der Waals surface area contributed by atoms with Gasteiger partial charge in [0.2, 0.25) is 0 Å². The van der Waals surface area contributed by atoms with Crippen molar-refractivity contribution in [2.75, 3.05) is 25.0 Å². The van der Waals surface area contributed by atoms with E-state index in [0.29, 0.717) is 23.8 Å². The van der Waals surface area contributed by atoms with E-state index in [-0.39, 0.29) is 0 Å². The van der Waals surface area contributed by atoms with E-state index in [2.05, 4.69) is 4.98 Å². The molecule has 0 radical (unpaired) electrons. The molecule has 7 heteroatoms. The van der Waals surface area contributed by atoms with Crippen LogP contribution in [0.3, 0.4) is 0 Å². The zero-order valence-electron chi connectivity index (χ0n) is 11.1. The van der Waals surface area contributed by atoms with E-state index in [1.165, 1.54) is 15.6 Å². The summed E-state index contributed by atoms with van der Waals surface area (Å²) in [5, 5.41) is 1.78. The summed E-state index contributed by atoms with van der Waals surface area (Å²) in [5.74, 6) is 0.858. The van der Waals surface area contributed by atoms with Gasteiger partial charge >= 0.3 is 0 Å². The van der Waals surface area contributed by atoms with Crippen molar-refractivity contribution in [1.29, 1.82) is 0 Å². The number of hydrogen-bond acceptors (Lipinski definition) is 5. The number of likely N-dealkylation sites (N-methyl/N-ethyl adjacent to an activating group) is 1. The first-order valence-electron chi connectivity index (χ1n) is 6.28. The Morgan fingerprint density at radius 2 is 2.10 bits per heavy atom. The maximum Gasteiger partial charge on any atom is 0.252 e. The highest BCUT2D eigenvalue weighted by atomic mass is 32.2. The minimum Gasteiger partial charge on any atom is -0.358 e. The summed E-state index contributed by atoms with van der Waals surface area (Å²) in [7, 11) is -1.47. The molecule has 3 heterocycles. The highest BCUT2D eigenvalue weighted by Crippen LogP contribution is 2.27. The van der Waals surface area contributed by atoms with Crippen LogP contribution in [0, 0.1) is 0 Å². The third kappa shape index (κ3) is 2.32.